The van der Waals surface area contributed by atoms with Crippen molar-refractivity contribution in [2.75, 3.05) is 7.11 Å². The molecule has 0 aliphatic carbocycles. The normalized spacial score (nSPS) is 12.4. The van der Waals surface area contributed by atoms with Gasteiger partial charge in [-0.15, -0.1) is 0 Å². The summed E-state index contributed by atoms with van der Waals surface area (Å²) in [4.78, 5) is 14.5. The minimum Gasteiger partial charge on any atom is -0.469 e. The van der Waals surface area contributed by atoms with Crippen LogP contribution in [0.1, 0.15) is 12.8 Å². The molecule has 6 nitrogen and oxygen atoms in total. The van der Waals surface area contributed by atoms with Gasteiger partial charge in [-0.05, 0) is 6.42 Å². The molecular formula is C8H13N3O3. The second-order valence-corrected chi connectivity index (χ2v) is 2.88. The smallest absolute Gasteiger partial charge is 0.308 e. The van der Waals surface area contributed by atoms with Crippen LogP contribution in [-0.4, -0.2) is 39.1 Å². The highest BCUT2D eigenvalue weighted by Gasteiger charge is 2.10. The van der Waals surface area contributed by atoms with Crippen molar-refractivity contribution >= 4 is 5.97 Å². The number of carbonyl (C=O) groups excluding carboxylic acids is 1. The second-order valence-electron chi connectivity index (χ2n) is 2.88. The fourth-order valence-electron chi connectivity index (χ4n) is 1.01. The molecule has 0 saturated carbocycles. The number of aromatic nitrogens is 3. The molecule has 0 radical (unpaired) electrons. The third-order valence-electron chi connectivity index (χ3n) is 1.79. The Morgan fingerprint density at radius 2 is 2.50 bits per heavy atom. The minimum absolute atomic E-state index is 0.0190. The van der Waals surface area contributed by atoms with E-state index in [1.807, 2.05) is 0 Å². The van der Waals surface area contributed by atoms with Crippen LogP contribution in [0.5, 0.6) is 0 Å². The molecule has 0 aliphatic rings. The maximum atomic E-state index is 10.8. The summed E-state index contributed by atoms with van der Waals surface area (Å²) in [6.07, 6.45) is 2.77. The van der Waals surface area contributed by atoms with E-state index < -0.39 is 12.1 Å². The van der Waals surface area contributed by atoms with Gasteiger partial charge in [0.05, 0.1) is 19.6 Å². The first-order chi connectivity index (χ1) is 6.72. The molecule has 78 valence electrons. The number of carbonyl (C=O) groups is 1. The summed E-state index contributed by atoms with van der Waals surface area (Å²) >= 11 is 0. The van der Waals surface area contributed by atoms with Gasteiger partial charge in [-0.1, -0.05) is 0 Å². The summed E-state index contributed by atoms with van der Waals surface area (Å²) in [6, 6.07) is 0. The lowest BCUT2D eigenvalue weighted by molar-refractivity contribution is -0.142. The van der Waals surface area contributed by atoms with Crippen molar-refractivity contribution in [1.29, 1.82) is 0 Å². The molecule has 14 heavy (non-hydrogen) atoms. The molecule has 0 spiro atoms. The molecule has 1 aromatic rings. The highest BCUT2D eigenvalue weighted by molar-refractivity contribution is 5.69. The molecule has 0 aliphatic heterocycles. The first kappa shape index (κ1) is 10.6. The molecule has 0 unspecified atom stereocenters. The summed E-state index contributed by atoms with van der Waals surface area (Å²) in [5, 5.41) is 13.3. The SMILES string of the molecule is COC(=O)C[C@@H](O)CCn1cncn1. The van der Waals surface area contributed by atoms with Crippen LogP contribution < -0.4 is 0 Å². The van der Waals surface area contributed by atoms with Gasteiger partial charge < -0.3 is 9.84 Å². The van der Waals surface area contributed by atoms with Crippen molar-refractivity contribution < 1.29 is 14.6 Å². The predicted molar refractivity (Wildman–Crippen MR) is 47.3 cm³/mol. The van der Waals surface area contributed by atoms with E-state index >= 15 is 0 Å². The summed E-state index contributed by atoms with van der Waals surface area (Å²) in [6.45, 7) is 0.540. The highest BCUT2D eigenvalue weighted by atomic mass is 16.5. The van der Waals surface area contributed by atoms with E-state index in [4.69, 9.17) is 0 Å². The monoisotopic (exact) mass is 199 g/mol. The number of aliphatic hydroxyl groups excluding tert-OH is 1. The van der Waals surface area contributed by atoms with Crippen molar-refractivity contribution in [3.8, 4) is 0 Å². The van der Waals surface area contributed by atoms with Crippen molar-refractivity contribution in [2.24, 2.45) is 0 Å². The van der Waals surface area contributed by atoms with E-state index in [0.29, 0.717) is 13.0 Å². The largest absolute Gasteiger partial charge is 0.469 e. The van der Waals surface area contributed by atoms with E-state index in [1.165, 1.54) is 13.4 Å². The molecule has 0 aromatic carbocycles. The number of esters is 1. The van der Waals surface area contributed by atoms with E-state index in [0.717, 1.165) is 0 Å². The van der Waals surface area contributed by atoms with Gasteiger partial charge in [0.15, 0.2) is 0 Å². The molecule has 1 N–H and O–H groups in total. The number of rotatable bonds is 5. The summed E-state index contributed by atoms with van der Waals surface area (Å²) < 4.78 is 6.02. The Kier molecular flexibility index (Phi) is 4.06. The van der Waals surface area contributed by atoms with Crippen LogP contribution in [0, 0.1) is 0 Å². The van der Waals surface area contributed by atoms with Gasteiger partial charge in [0.2, 0.25) is 0 Å². The molecule has 1 aromatic heterocycles. The van der Waals surface area contributed by atoms with Crippen molar-refractivity contribution in [2.45, 2.75) is 25.5 Å². The Hall–Kier alpha value is -1.43. The van der Waals surface area contributed by atoms with Crippen LogP contribution in [0.4, 0.5) is 0 Å². The molecule has 1 heterocycles. The van der Waals surface area contributed by atoms with Crippen LogP contribution in [-0.2, 0) is 16.1 Å². The van der Waals surface area contributed by atoms with E-state index in [2.05, 4.69) is 14.8 Å². The lowest BCUT2D eigenvalue weighted by Crippen LogP contribution is -2.17. The third kappa shape index (κ3) is 3.53. The number of aryl methyl sites for hydroxylation is 1. The fraction of sp³-hybridized carbons (Fsp3) is 0.625. The van der Waals surface area contributed by atoms with Gasteiger partial charge in [0.1, 0.15) is 12.7 Å². The number of aliphatic hydroxyl groups is 1. The third-order valence-corrected chi connectivity index (χ3v) is 1.79. The second kappa shape index (κ2) is 5.33. The minimum atomic E-state index is -0.688. The van der Waals surface area contributed by atoms with Crippen molar-refractivity contribution in [1.82, 2.24) is 14.8 Å². The Labute approximate surface area is 81.5 Å². The molecule has 0 bridgehead atoms. The Balaban J connectivity index is 2.21. The molecule has 0 amide bonds. The zero-order chi connectivity index (χ0) is 10.4. The van der Waals surface area contributed by atoms with E-state index in [-0.39, 0.29) is 6.42 Å². The van der Waals surface area contributed by atoms with E-state index in [9.17, 15) is 9.90 Å². The van der Waals surface area contributed by atoms with Crippen LogP contribution in [0.25, 0.3) is 0 Å². The highest BCUT2D eigenvalue weighted by Crippen LogP contribution is 2.00. The van der Waals surface area contributed by atoms with Gasteiger partial charge in [-0.25, -0.2) is 4.98 Å². The van der Waals surface area contributed by atoms with Gasteiger partial charge in [-0.2, -0.15) is 5.10 Å². The maximum Gasteiger partial charge on any atom is 0.308 e. The lowest BCUT2D eigenvalue weighted by atomic mass is 10.2. The number of ether oxygens (including phenoxy) is 1. The Morgan fingerprint density at radius 1 is 1.71 bits per heavy atom. The summed E-state index contributed by atoms with van der Waals surface area (Å²) in [5.41, 5.74) is 0. The van der Waals surface area contributed by atoms with Crippen molar-refractivity contribution in [3.05, 3.63) is 12.7 Å². The van der Waals surface area contributed by atoms with Crippen LogP contribution >= 0.6 is 0 Å². The topological polar surface area (TPSA) is 77.2 Å². The molecule has 1 rings (SSSR count). The fourth-order valence-corrected chi connectivity index (χ4v) is 1.01. The molecule has 0 saturated heterocycles. The average molecular weight is 199 g/mol. The lowest BCUT2D eigenvalue weighted by Gasteiger charge is -2.08. The number of nitrogens with zero attached hydrogens (tertiary/aromatic N) is 3. The zero-order valence-electron chi connectivity index (χ0n) is 7.96. The number of methoxy groups -OCH3 is 1. The predicted octanol–water partition coefficient (Wildman–Crippen LogP) is -0.408. The zero-order valence-corrected chi connectivity index (χ0v) is 7.96. The van der Waals surface area contributed by atoms with Gasteiger partial charge in [0, 0.05) is 6.54 Å². The maximum absolute atomic E-state index is 10.8. The first-order valence-electron chi connectivity index (χ1n) is 4.29. The van der Waals surface area contributed by atoms with Gasteiger partial charge in [-0.3, -0.25) is 9.48 Å². The molecular weight excluding hydrogens is 186 g/mol. The van der Waals surface area contributed by atoms with Crippen molar-refractivity contribution in [3.63, 3.8) is 0 Å². The Morgan fingerprint density at radius 3 is 3.07 bits per heavy atom. The standard InChI is InChI=1S/C8H13N3O3/c1-14-8(13)4-7(12)2-3-11-6-9-5-10-11/h5-7,12H,2-4H2,1H3/t7-/m0/s1. The average Bonchev–Trinajstić information content (AvgIpc) is 2.67. The summed E-state index contributed by atoms with van der Waals surface area (Å²) in [7, 11) is 1.30. The quantitative estimate of drug-likeness (QED) is 0.652. The van der Waals surface area contributed by atoms with Crippen LogP contribution in [0.2, 0.25) is 0 Å². The van der Waals surface area contributed by atoms with Crippen LogP contribution in [0.3, 0.4) is 0 Å². The number of hydrogen-bond acceptors (Lipinski definition) is 5. The van der Waals surface area contributed by atoms with Gasteiger partial charge in [0.25, 0.3) is 0 Å². The van der Waals surface area contributed by atoms with Gasteiger partial charge >= 0.3 is 5.97 Å². The molecule has 1 atom stereocenters. The van der Waals surface area contributed by atoms with Crippen LogP contribution in [0.15, 0.2) is 12.7 Å². The van der Waals surface area contributed by atoms with E-state index in [1.54, 1.807) is 11.0 Å². The number of hydrogen-bond donors (Lipinski definition) is 1. The summed E-state index contributed by atoms with van der Waals surface area (Å²) in [5.74, 6) is -0.406. The first-order valence-corrected chi connectivity index (χ1v) is 4.29. The molecule has 6 heteroatoms. The molecule has 0 fully saturated rings. The Bertz CT molecular complexity index is 273.